The Morgan fingerprint density at radius 2 is 1.90 bits per heavy atom. The number of carbonyl (C=O) groups is 2. The average Bonchev–Trinajstić information content (AvgIpc) is 1.82. The summed E-state index contributed by atoms with van der Waals surface area (Å²) in [5.74, 6) is -1.21. The minimum atomic E-state index is -1.53. The third-order valence-corrected chi connectivity index (χ3v) is 0.674. The lowest BCUT2D eigenvalue weighted by atomic mass is 10.4. The Morgan fingerprint density at radius 3 is 2.20 bits per heavy atom. The van der Waals surface area contributed by atoms with Gasteiger partial charge in [-0.3, -0.25) is 0 Å². The summed E-state index contributed by atoms with van der Waals surface area (Å²) in [4.78, 5) is 19.6. The van der Waals surface area contributed by atoms with Gasteiger partial charge in [0.05, 0.1) is 5.57 Å². The first-order chi connectivity index (χ1) is 4.54. The molecule has 5 heteroatoms. The van der Waals surface area contributed by atoms with Crippen molar-refractivity contribution in [3.63, 3.8) is 0 Å². The normalized spacial score (nSPS) is 10.7. The second-order valence-electron chi connectivity index (χ2n) is 1.49. The summed E-state index contributed by atoms with van der Waals surface area (Å²) < 4.78 is 3.84. The molecule has 0 radical (unpaired) electrons. The first-order valence-electron chi connectivity index (χ1n) is 2.33. The van der Waals surface area contributed by atoms with Crippen molar-refractivity contribution >= 4 is 12.1 Å². The van der Waals surface area contributed by atoms with Crippen molar-refractivity contribution in [1.82, 2.24) is 0 Å². The monoisotopic (exact) mass is 146 g/mol. The fraction of sp³-hybridized carbons (Fsp3) is 0.200. The number of ether oxygens (including phenoxy) is 1. The molecule has 0 rings (SSSR count). The van der Waals surface area contributed by atoms with Gasteiger partial charge >= 0.3 is 12.1 Å². The van der Waals surface area contributed by atoms with Crippen LogP contribution in [0.2, 0.25) is 0 Å². The zero-order valence-electron chi connectivity index (χ0n) is 5.20. The van der Waals surface area contributed by atoms with Gasteiger partial charge in [0.25, 0.3) is 0 Å². The van der Waals surface area contributed by atoms with E-state index in [2.05, 4.69) is 4.74 Å². The number of rotatable bonds is 2. The Labute approximate surface area is 56.5 Å². The molecule has 0 aromatic rings. The van der Waals surface area contributed by atoms with E-state index in [1.165, 1.54) is 6.92 Å². The van der Waals surface area contributed by atoms with E-state index in [1.807, 2.05) is 0 Å². The SMILES string of the molecule is C/C(=C\OC(=O)O)C(=O)O. The fourth-order valence-electron chi connectivity index (χ4n) is 0.189. The maximum Gasteiger partial charge on any atom is 0.510 e. The van der Waals surface area contributed by atoms with Crippen molar-refractivity contribution in [2.75, 3.05) is 0 Å². The van der Waals surface area contributed by atoms with Crippen LogP contribution in [-0.2, 0) is 9.53 Å². The van der Waals surface area contributed by atoms with Gasteiger partial charge < -0.3 is 14.9 Å². The minimum Gasteiger partial charge on any atom is -0.478 e. The predicted molar refractivity (Wildman–Crippen MR) is 30.5 cm³/mol. The highest BCUT2D eigenvalue weighted by atomic mass is 16.7. The molecular formula is C5H6O5. The standard InChI is InChI=1S/C5H6O5/c1-3(4(6)7)2-10-5(8)9/h2H,1H3,(H,6,7)(H,8,9)/b3-2+. The van der Waals surface area contributed by atoms with E-state index in [9.17, 15) is 9.59 Å². The summed E-state index contributed by atoms with van der Waals surface area (Å²) in [5.41, 5.74) is -0.164. The smallest absolute Gasteiger partial charge is 0.478 e. The van der Waals surface area contributed by atoms with Gasteiger partial charge in [0.2, 0.25) is 0 Å². The molecule has 0 bridgehead atoms. The van der Waals surface area contributed by atoms with Crippen LogP contribution in [0, 0.1) is 0 Å². The van der Waals surface area contributed by atoms with Crippen molar-refractivity contribution in [3.8, 4) is 0 Å². The van der Waals surface area contributed by atoms with E-state index in [0.29, 0.717) is 6.26 Å². The van der Waals surface area contributed by atoms with Crippen molar-refractivity contribution < 1.29 is 24.5 Å². The molecule has 10 heavy (non-hydrogen) atoms. The van der Waals surface area contributed by atoms with Gasteiger partial charge in [-0.2, -0.15) is 0 Å². The Bertz CT molecular complexity index is 180. The van der Waals surface area contributed by atoms with Crippen LogP contribution in [0.1, 0.15) is 6.92 Å². The lowest BCUT2D eigenvalue weighted by molar-refractivity contribution is -0.132. The largest absolute Gasteiger partial charge is 0.510 e. The van der Waals surface area contributed by atoms with Crippen LogP contribution >= 0.6 is 0 Å². The number of hydrogen-bond acceptors (Lipinski definition) is 3. The van der Waals surface area contributed by atoms with Crippen LogP contribution in [0.4, 0.5) is 4.79 Å². The third-order valence-electron chi connectivity index (χ3n) is 0.674. The lowest BCUT2D eigenvalue weighted by Gasteiger charge is -1.91. The second-order valence-corrected chi connectivity index (χ2v) is 1.49. The van der Waals surface area contributed by atoms with Crippen molar-refractivity contribution in [2.45, 2.75) is 6.92 Å². The molecule has 5 nitrogen and oxygen atoms in total. The molecule has 0 spiro atoms. The molecule has 2 N–H and O–H groups in total. The van der Waals surface area contributed by atoms with Gasteiger partial charge in [-0.05, 0) is 6.92 Å². The Kier molecular flexibility index (Phi) is 2.96. The minimum absolute atomic E-state index is 0.164. The molecule has 0 atom stereocenters. The van der Waals surface area contributed by atoms with Crippen LogP contribution in [0.5, 0.6) is 0 Å². The molecule has 0 aliphatic rings. The number of carboxylic acid groups (broad SMARTS) is 2. The Balaban J connectivity index is 3.92. The molecule has 0 aliphatic carbocycles. The molecule has 0 saturated carbocycles. The highest BCUT2D eigenvalue weighted by Gasteiger charge is 2.00. The van der Waals surface area contributed by atoms with Gasteiger partial charge in [-0.25, -0.2) is 9.59 Å². The van der Waals surface area contributed by atoms with Gasteiger partial charge in [-0.15, -0.1) is 0 Å². The molecule has 0 aliphatic heterocycles. The number of aliphatic carboxylic acids is 1. The van der Waals surface area contributed by atoms with E-state index in [0.717, 1.165) is 0 Å². The van der Waals surface area contributed by atoms with E-state index in [-0.39, 0.29) is 5.57 Å². The maximum atomic E-state index is 9.97. The first kappa shape index (κ1) is 8.48. The molecule has 0 fully saturated rings. The van der Waals surface area contributed by atoms with Crippen LogP contribution in [0.3, 0.4) is 0 Å². The van der Waals surface area contributed by atoms with Gasteiger partial charge in [0.1, 0.15) is 6.26 Å². The molecule has 0 aromatic heterocycles. The highest BCUT2D eigenvalue weighted by molar-refractivity contribution is 5.85. The summed E-state index contributed by atoms with van der Waals surface area (Å²) in [6.45, 7) is 1.23. The molecule has 0 saturated heterocycles. The van der Waals surface area contributed by atoms with Gasteiger partial charge in [0, 0.05) is 0 Å². The van der Waals surface area contributed by atoms with Crippen LogP contribution in [0.25, 0.3) is 0 Å². The fourth-order valence-corrected chi connectivity index (χ4v) is 0.189. The van der Waals surface area contributed by atoms with Crippen LogP contribution in [-0.4, -0.2) is 22.3 Å². The lowest BCUT2D eigenvalue weighted by Crippen LogP contribution is -1.99. The molecule has 0 heterocycles. The van der Waals surface area contributed by atoms with Crippen LogP contribution < -0.4 is 0 Å². The summed E-state index contributed by atoms with van der Waals surface area (Å²) in [5, 5.41) is 16.0. The van der Waals surface area contributed by atoms with E-state index < -0.39 is 12.1 Å². The van der Waals surface area contributed by atoms with Crippen molar-refractivity contribution in [1.29, 1.82) is 0 Å². The molecule has 0 aromatic carbocycles. The van der Waals surface area contributed by atoms with Gasteiger partial charge in [-0.1, -0.05) is 0 Å². The first-order valence-corrected chi connectivity index (χ1v) is 2.33. The van der Waals surface area contributed by atoms with Gasteiger partial charge in [0.15, 0.2) is 0 Å². The second kappa shape index (κ2) is 3.49. The van der Waals surface area contributed by atoms with Crippen molar-refractivity contribution in [2.24, 2.45) is 0 Å². The summed E-state index contributed by atoms with van der Waals surface area (Å²) in [7, 11) is 0. The predicted octanol–water partition coefficient (Wildman–Crippen LogP) is 0.669. The molecule has 0 unspecified atom stereocenters. The molecule has 56 valence electrons. The zero-order valence-corrected chi connectivity index (χ0v) is 5.20. The Morgan fingerprint density at radius 1 is 1.40 bits per heavy atom. The van der Waals surface area contributed by atoms with E-state index in [4.69, 9.17) is 10.2 Å². The van der Waals surface area contributed by atoms with Crippen molar-refractivity contribution in [3.05, 3.63) is 11.8 Å². The maximum absolute atomic E-state index is 9.97. The third kappa shape index (κ3) is 3.48. The average molecular weight is 146 g/mol. The molecule has 0 amide bonds. The summed E-state index contributed by atoms with van der Waals surface area (Å²) in [6, 6.07) is 0. The zero-order chi connectivity index (χ0) is 8.15. The quantitative estimate of drug-likeness (QED) is 0.339. The van der Waals surface area contributed by atoms with Crippen LogP contribution in [0.15, 0.2) is 11.8 Å². The highest BCUT2D eigenvalue weighted by Crippen LogP contribution is 1.92. The topological polar surface area (TPSA) is 83.8 Å². The van der Waals surface area contributed by atoms with E-state index >= 15 is 0 Å². The summed E-state index contributed by atoms with van der Waals surface area (Å²) in [6.07, 6.45) is -0.870. The number of hydrogen-bond donors (Lipinski definition) is 2. The number of carboxylic acids is 1. The molecular weight excluding hydrogens is 140 g/mol. The summed E-state index contributed by atoms with van der Waals surface area (Å²) >= 11 is 0. The Hall–Kier alpha value is -1.52. The van der Waals surface area contributed by atoms with E-state index in [1.54, 1.807) is 0 Å².